The molecule has 2 amide bonds. The van der Waals surface area contributed by atoms with Crippen molar-refractivity contribution >= 4 is 17.8 Å². The molecular weight excluding hydrogens is 343 g/mol. The zero-order chi connectivity index (χ0) is 19.3. The number of benzene rings is 1. The van der Waals surface area contributed by atoms with Gasteiger partial charge in [0.2, 0.25) is 5.91 Å². The van der Waals surface area contributed by atoms with E-state index in [-0.39, 0.29) is 19.0 Å². The Morgan fingerprint density at radius 1 is 1.35 bits per heavy atom. The van der Waals surface area contributed by atoms with Crippen molar-refractivity contribution in [2.75, 3.05) is 26.7 Å². The van der Waals surface area contributed by atoms with Crippen LogP contribution in [0.1, 0.15) is 19.8 Å². The lowest BCUT2D eigenvalue weighted by Crippen LogP contribution is -2.48. The molecule has 142 valence electrons. The van der Waals surface area contributed by atoms with Crippen molar-refractivity contribution in [2.24, 2.45) is 5.92 Å². The third kappa shape index (κ3) is 5.18. The summed E-state index contributed by atoms with van der Waals surface area (Å²) < 4.78 is 18.4. The number of likely N-dealkylation sites (tertiary alicyclic amines) is 1. The summed E-state index contributed by atoms with van der Waals surface area (Å²) in [7, 11) is 1.49. The zero-order valence-electron chi connectivity index (χ0n) is 14.9. The van der Waals surface area contributed by atoms with E-state index >= 15 is 0 Å². The Hall–Kier alpha value is -2.64. The molecule has 1 N–H and O–H groups in total. The lowest BCUT2D eigenvalue weighted by molar-refractivity contribution is -0.148. The fourth-order valence-corrected chi connectivity index (χ4v) is 2.86. The number of amides is 2. The molecule has 0 bridgehead atoms. The molecule has 26 heavy (non-hydrogen) atoms. The lowest BCUT2D eigenvalue weighted by atomic mass is 9.98. The predicted molar refractivity (Wildman–Crippen MR) is 91.1 cm³/mol. The van der Waals surface area contributed by atoms with Crippen molar-refractivity contribution in [1.82, 2.24) is 9.80 Å². The van der Waals surface area contributed by atoms with E-state index in [0.29, 0.717) is 25.1 Å². The number of carboxylic acid groups (broad SMARTS) is 1. The minimum absolute atomic E-state index is 0.151. The van der Waals surface area contributed by atoms with Gasteiger partial charge in [0, 0.05) is 20.1 Å². The Kier molecular flexibility index (Phi) is 6.54. The molecule has 0 spiro atoms. The molecule has 0 saturated carbocycles. The monoisotopic (exact) mass is 366 g/mol. The number of hydrogen-bond acceptors (Lipinski definition) is 4. The first-order chi connectivity index (χ1) is 12.3. The number of hydrogen-bond donors (Lipinski definition) is 1. The van der Waals surface area contributed by atoms with Crippen molar-refractivity contribution in [3.8, 4) is 5.75 Å². The molecule has 2 atom stereocenters. The van der Waals surface area contributed by atoms with Crippen LogP contribution < -0.4 is 4.74 Å². The van der Waals surface area contributed by atoms with Crippen LogP contribution in [0.4, 0.5) is 4.39 Å². The van der Waals surface area contributed by atoms with Gasteiger partial charge in [-0.15, -0.1) is 0 Å². The van der Waals surface area contributed by atoms with E-state index in [2.05, 4.69) is 0 Å². The number of carboxylic acids is 1. The molecule has 2 rings (SSSR count). The molecule has 1 aromatic carbocycles. The summed E-state index contributed by atoms with van der Waals surface area (Å²) in [5.41, 5.74) is 0. The second-order valence-electron chi connectivity index (χ2n) is 6.43. The van der Waals surface area contributed by atoms with Gasteiger partial charge >= 0.3 is 5.97 Å². The van der Waals surface area contributed by atoms with E-state index < -0.39 is 29.7 Å². The van der Waals surface area contributed by atoms with E-state index in [1.54, 1.807) is 6.92 Å². The molecule has 2 unspecified atom stereocenters. The van der Waals surface area contributed by atoms with E-state index in [9.17, 15) is 18.8 Å². The molecule has 1 saturated heterocycles. The summed E-state index contributed by atoms with van der Waals surface area (Å²) in [6.45, 7) is 2.06. The molecule has 1 heterocycles. The number of rotatable bonds is 6. The third-order valence-corrected chi connectivity index (χ3v) is 4.35. The van der Waals surface area contributed by atoms with Crippen LogP contribution in [0.5, 0.6) is 5.75 Å². The summed E-state index contributed by atoms with van der Waals surface area (Å²) in [5, 5.41) is 9.10. The van der Waals surface area contributed by atoms with Crippen molar-refractivity contribution in [3.05, 3.63) is 30.1 Å². The van der Waals surface area contributed by atoms with Crippen LogP contribution in [0.25, 0.3) is 0 Å². The number of aliphatic carboxylic acids is 1. The van der Waals surface area contributed by atoms with E-state index in [0.717, 1.165) is 0 Å². The number of piperidine rings is 1. The van der Waals surface area contributed by atoms with E-state index in [1.165, 1.54) is 41.1 Å². The zero-order valence-corrected chi connectivity index (χ0v) is 14.9. The lowest BCUT2D eigenvalue weighted by Gasteiger charge is -2.32. The van der Waals surface area contributed by atoms with Gasteiger partial charge in [0.1, 0.15) is 11.6 Å². The van der Waals surface area contributed by atoms with Crippen LogP contribution >= 0.6 is 0 Å². The van der Waals surface area contributed by atoms with Gasteiger partial charge in [-0.3, -0.25) is 14.4 Å². The highest BCUT2D eigenvalue weighted by Crippen LogP contribution is 2.17. The molecule has 1 fully saturated rings. The van der Waals surface area contributed by atoms with Gasteiger partial charge in [0.05, 0.1) is 12.5 Å². The van der Waals surface area contributed by atoms with Gasteiger partial charge in [-0.25, -0.2) is 4.39 Å². The first kappa shape index (κ1) is 19.7. The summed E-state index contributed by atoms with van der Waals surface area (Å²) in [6, 6.07) is 5.30. The summed E-state index contributed by atoms with van der Waals surface area (Å²) >= 11 is 0. The summed E-state index contributed by atoms with van der Waals surface area (Å²) in [5.74, 6) is -2.20. The molecule has 0 radical (unpaired) electrons. The molecule has 7 nitrogen and oxygen atoms in total. The van der Waals surface area contributed by atoms with Gasteiger partial charge in [-0.05, 0) is 44.0 Å². The molecule has 0 aliphatic carbocycles. The Labute approximate surface area is 151 Å². The van der Waals surface area contributed by atoms with Gasteiger partial charge in [0.25, 0.3) is 5.91 Å². The maximum absolute atomic E-state index is 12.9. The third-order valence-electron chi connectivity index (χ3n) is 4.35. The maximum atomic E-state index is 12.9. The van der Waals surface area contributed by atoms with Crippen LogP contribution in [0.3, 0.4) is 0 Å². The predicted octanol–water partition coefficient (Wildman–Crippen LogP) is 1.37. The SMILES string of the molecule is CC(Oc1ccc(F)cc1)C(=O)N(C)CC(=O)N1CCCC(C(=O)O)C1. The first-order valence-corrected chi connectivity index (χ1v) is 8.45. The number of nitrogens with zero attached hydrogens (tertiary/aromatic N) is 2. The highest BCUT2D eigenvalue weighted by Gasteiger charge is 2.29. The Balaban J connectivity index is 1.88. The molecular formula is C18H23FN2O5. The fraction of sp³-hybridized carbons (Fsp3) is 0.500. The smallest absolute Gasteiger partial charge is 0.308 e. The van der Waals surface area contributed by atoms with Crippen molar-refractivity contribution in [1.29, 1.82) is 0 Å². The van der Waals surface area contributed by atoms with Crippen molar-refractivity contribution < 1.29 is 28.6 Å². The minimum atomic E-state index is -0.909. The molecule has 1 aromatic rings. The van der Waals surface area contributed by atoms with Crippen LogP contribution in [0, 0.1) is 11.7 Å². The van der Waals surface area contributed by atoms with Crippen molar-refractivity contribution in [3.63, 3.8) is 0 Å². The average molecular weight is 366 g/mol. The topological polar surface area (TPSA) is 87.2 Å². The molecule has 0 aromatic heterocycles. The largest absolute Gasteiger partial charge is 0.481 e. The molecule has 1 aliphatic rings. The van der Waals surface area contributed by atoms with Crippen LogP contribution in [0.15, 0.2) is 24.3 Å². The van der Waals surface area contributed by atoms with Gasteiger partial charge in [-0.1, -0.05) is 0 Å². The van der Waals surface area contributed by atoms with Crippen LogP contribution in [-0.4, -0.2) is 65.5 Å². The number of carbonyl (C=O) groups is 3. The highest BCUT2D eigenvalue weighted by molar-refractivity contribution is 5.87. The summed E-state index contributed by atoms with van der Waals surface area (Å²) in [6.07, 6.45) is 0.340. The summed E-state index contributed by atoms with van der Waals surface area (Å²) in [4.78, 5) is 38.6. The van der Waals surface area contributed by atoms with Gasteiger partial charge < -0.3 is 19.6 Å². The molecule has 1 aliphatic heterocycles. The Bertz CT molecular complexity index is 664. The number of carbonyl (C=O) groups excluding carboxylic acids is 2. The minimum Gasteiger partial charge on any atom is -0.481 e. The second kappa shape index (κ2) is 8.64. The Morgan fingerprint density at radius 3 is 2.62 bits per heavy atom. The second-order valence-corrected chi connectivity index (χ2v) is 6.43. The highest BCUT2D eigenvalue weighted by atomic mass is 19.1. The van der Waals surface area contributed by atoms with E-state index in [4.69, 9.17) is 9.84 Å². The standard InChI is InChI=1S/C18H23FN2O5/c1-12(26-15-7-5-14(19)6-8-15)17(23)20(2)11-16(22)21-9-3-4-13(10-21)18(24)25/h5-8,12-13H,3-4,9-11H2,1-2H3,(H,24,25). The van der Waals surface area contributed by atoms with Crippen LogP contribution in [0.2, 0.25) is 0 Å². The Morgan fingerprint density at radius 2 is 2.00 bits per heavy atom. The maximum Gasteiger partial charge on any atom is 0.308 e. The van der Waals surface area contributed by atoms with Crippen molar-refractivity contribution in [2.45, 2.75) is 25.9 Å². The van der Waals surface area contributed by atoms with Gasteiger partial charge in [0.15, 0.2) is 6.10 Å². The van der Waals surface area contributed by atoms with Crippen LogP contribution in [-0.2, 0) is 14.4 Å². The average Bonchev–Trinajstić information content (AvgIpc) is 2.62. The first-order valence-electron chi connectivity index (χ1n) is 8.45. The van der Waals surface area contributed by atoms with Gasteiger partial charge in [-0.2, -0.15) is 0 Å². The fourth-order valence-electron chi connectivity index (χ4n) is 2.86. The van der Waals surface area contributed by atoms with E-state index in [1.807, 2.05) is 0 Å². The normalized spacial score (nSPS) is 18.1. The number of ether oxygens (including phenoxy) is 1. The number of halogens is 1. The molecule has 8 heteroatoms. The quantitative estimate of drug-likeness (QED) is 0.822. The number of likely N-dealkylation sites (N-methyl/N-ethyl adjacent to an activating group) is 1.